The maximum atomic E-state index is 10.2. The van der Waals surface area contributed by atoms with Crippen molar-refractivity contribution in [1.82, 2.24) is 9.99 Å². The molecule has 5 heteroatoms. The van der Waals surface area contributed by atoms with Gasteiger partial charge < -0.3 is 9.84 Å². The highest BCUT2D eigenvalue weighted by Gasteiger charge is 2.41. The standard InChI is InChI=1S/C21H17N3O2/c25-19-10-3-1-7-14(19)17-13-18-15-8-2-4-11-20(15)26-21(24(18)23-17)16-9-5-6-12-22-16/h1-12,18,21,25H,13H2/t18-,21+/m0/s1. The highest BCUT2D eigenvalue weighted by Crippen LogP contribution is 2.47. The maximum absolute atomic E-state index is 10.2. The number of aromatic hydroxyl groups is 1. The van der Waals surface area contributed by atoms with Gasteiger partial charge in [0.2, 0.25) is 6.23 Å². The van der Waals surface area contributed by atoms with Crippen LogP contribution in [0.2, 0.25) is 0 Å². The first-order chi connectivity index (χ1) is 12.8. The Morgan fingerprint density at radius 1 is 0.962 bits per heavy atom. The number of hydrazone groups is 1. The number of ether oxygens (including phenoxy) is 1. The molecule has 26 heavy (non-hydrogen) atoms. The number of phenolic OH excluding ortho intramolecular Hbond substituents is 1. The van der Waals surface area contributed by atoms with Crippen LogP contribution in [0, 0.1) is 0 Å². The van der Waals surface area contributed by atoms with E-state index < -0.39 is 0 Å². The maximum Gasteiger partial charge on any atom is 0.230 e. The Kier molecular flexibility index (Phi) is 3.38. The van der Waals surface area contributed by atoms with Crippen molar-refractivity contribution >= 4 is 5.71 Å². The number of nitrogens with zero attached hydrogens (tertiary/aromatic N) is 3. The fourth-order valence-corrected chi connectivity index (χ4v) is 3.63. The van der Waals surface area contributed by atoms with E-state index in [-0.39, 0.29) is 18.0 Å². The lowest BCUT2D eigenvalue weighted by Gasteiger charge is -2.37. The summed E-state index contributed by atoms with van der Waals surface area (Å²) in [6, 6.07) is 21.2. The number of para-hydroxylation sites is 2. The molecule has 0 aliphatic carbocycles. The molecule has 2 atom stereocenters. The first kappa shape index (κ1) is 15.0. The van der Waals surface area contributed by atoms with Crippen molar-refractivity contribution in [2.75, 3.05) is 0 Å². The van der Waals surface area contributed by atoms with E-state index >= 15 is 0 Å². The van der Waals surface area contributed by atoms with Crippen LogP contribution < -0.4 is 4.74 Å². The molecular weight excluding hydrogens is 326 g/mol. The SMILES string of the molecule is Oc1ccccc1C1=NN2[C@@H](c3ccccn3)Oc3ccccc3[C@@H]2C1. The average Bonchev–Trinajstić information content (AvgIpc) is 3.14. The van der Waals surface area contributed by atoms with Gasteiger partial charge in [0.1, 0.15) is 17.2 Å². The number of pyridine rings is 1. The van der Waals surface area contributed by atoms with Crippen LogP contribution >= 0.6 is 0 Å². The van der Waals surface area contributed by atoms with Crippen LogP contribution in [0.25, 0.3) is 0 Å². The van der Waals surface area contributed by atoms with E-state index in [4.69, 9.17) is 9.84 Å². The molecule has 0 saturated heterocycles. The predicted octanol–water partition coefficient (Wildman–Crippen LogP) is 4.03. The first-order valence-corrected chi connectivity index (χ1v) is 8.62. The highest BCUT2D eigenvalue weighted by atomic mass is 16.5. The summed E-state index contributed by atoms with van der Waals surface area (Å²) in [4.78, 5) is 4.47. The smallest absolute Gasteiger partial charge is 0.230 e. The third-order valence-electron chi connectivity index (χ3n) is 4.85. The molecule has 2 aromatic carbocycles. The molecular formula is C21H17N3O2. The van der Waals surface area contributed by atoms with Crippen LogP contribution in [0.4, 0.5) is 0 Å². The molecule has 2 aliphatic heterocycles. The number of rotatable bonds is 2. The number of hydrogen-bond acceptors (Lipinski definition) is 5. The second-order valence-corrected chi connectivity index (χ2v) is 6.43. The summed E-state index contributed by atoms with van der Waals surface area (Å²) in [7, 11) is 0. The Morgan fingerprint density at radius 3 is 2.62 bits per heavy atom. The molecule has 3 aromatic rings. The highest BCUT2D eigenvalue weighted by molar-refractivity contribution is 6.04. The summed E-state index contributed by atoms with van der Waals surface area (Å²) >= 11 is 0. The van der Waals surface area contributed by atoms with Gasteiger partial charge in [-0.2, -0.15) is 5.10 Å². The fraction of sp³-hybridized carbons (Fsp3) is 0.143. The minimum Gasteiger partial charge on any atom is -0.507 e. The number of aromatic nitrogens is 1. The van der Waals surface area contributed by atoms with E-state index in [1.54, 1.807) is 12.3 Å². The molecule has 5 rings (SSSR count). The van der Waals surface area contributed by atoms with E-state index in [2.05, 4.69) is 11.1 Å². The van der Waals surface area contributed by atoms with Crippen molar-refractivity contribution in [3.05, 3.63) is 89.7 Å². The number of hydrogen-bond donors (Lipinski definition) is 1. The third kappa shape index (κ3) is 2.32. The van der Waals surface area contributed by atoms with Gasteiger partial charge in [0.05, 0.1) is 11.8 Å². The van der Waals surface area contributed by atoms with E-state index in [1.807, 2.05) is 59.6 Å². The number of fused-ring (bicyclic) bond motifs is 3. The predicted molar refractivity (Wildman–Crippen MR) is 97.9 cm³/mol. The Balaban J connectivity index is 1.62. The van der Waals surface area contributed by atoms with Crippen LogP contribution in [0.5, 0.6) is 11.5 Å². The largest absolute Gasteiger partial charge is 0.507 e. The van der Waals surface area contributed by atoms with Crippen molar-refractivity contribution < 1.29 is 9.84 Å². The molecule has 3 heterocycles. The Labute approximate surface area is 151 Å². The van der Waals surface area contributed by atoms with Crippen molar-refractivity contribution in [1.29, 1.82) is 0 Å². The summed E-state index contributed by atoms with van der Waals surface area (Å²) in [6.07, 6.45) is 2.08. The molecule has 0 bridgehead atoms. The van der Waals surface area contributed by atoms with Gasteiger partial charge in [0.15, 0.2) is 0 Å². The van der Waals surface area contributed by atoms with Gasteiger partial charge in [0.25, 0.3) is 0 Å². The normalized spacial score (nSPS) is 20.8. The topological polar surface area (TPSA) is 58.0 Å². The van der Waals surface area contributed by atoms with Gasteiger partial charge in [-0.05, 0) is 30.3 Å². The quantitative estimate of drug-likeness (QED) is 0.763. The zero-order valence-corrected chi connectivity index (χ0v) is 14.0. The molecule has 128 valence electrons. The fourth-order valence-electron chi connectivity index (χ4n) is 3.63. The van der Waals surface area contributed by atoms with Gasteiger partial charge >= 0.3 is 0 Å². The van der Waals surface area contributed by atoms with Gasteiger partial charge in [-0.15, -0.1) is 0 Å². The molecule has 0 fully saturated rings. The molecule has 1 N–H and O–H groups in total. The zero-order chi connectivity index (χ0) is 17.5. The lowest BCUT2D eigenvalue weighted by molar-refractivity contribution is -0.0218. The van der Waals surface area contributed by atoms with E-state index in [9.17, 15) is 5.11 Å². The monoisotopic (exact) mass is 343 g/mol. The summed E-state index contributed by atoms with van der Waals surface area (Å²) in [5.74, 6) is 1.10. The van der Waals surface area contributed by atoms with Crippen LogP contribution in [0.15, 0.2) is 78.0 Å². The summed E-state index contributed by atoms with van der Waals surface area (Å²) in [5.41, 5.74) is 3.54. The summed E-state index contributed by atoms with van der Waals surface area (Å²) < 4.78 is 6.24. The van der Waals surface area contributed by atoms with Crippen molar-refractivity contribution in [3.63, 3.8) is 0 Å². The van der Waals surface area contributed by atoms with Crippen molar-refractivity contribution in [2.45, 2.75) is 18.7 Å². The van der Waals surface area contributed by atoms with Crippen LogP contribution in [0.1, 0.15) is 35.5 Å². The first-order valence-electron chi connectivity index (χ1n) is 8.62. The molecule has 0 saturated carbocycles. The molecule has 5 nitrogen and oxygen atoms in total. The molecule has 1 aromatic heterocycles. The van der Waals surface area contributed by atoms with Gasteiger partial charge in [-0.1, -0.05) is 36.4 Å². The van der Waals surface area contributed by atoms with E-state index in [1.165, 1.54) is 0 Å². The second-order valence-electron chi connectivity index (χ2n) is 6.43. The van der Waals surface area contributed by atoms with E-state index in [0.717, 1.165) is 28.3 Å². The summed E-state index contributed by atoms with van der Waals surface area (Å²) in [5, 5.41) is 17.0. The molecule has 2 aliphatic rings. The van der Waals surface area contributed by atoms with E-state index in [0.29, 0.717) is 6.42 Å². The van der Waals surface area contributed by atoms with Crippen LogP contribution in [-0.4, -0.2) is 20.8 Å². The van der Waals surface area contributed by atoms with Crippen LogP contribution in [-0.2, 0) is 0 Å². The lowest BCUT2D eigenvalue weighted by atomic mass is 9.96. The van der Waals surface area contributed by atoms with Crippen molar-refractivity contribution in [2.24, 2.45) is 5.10 Å². The molecule has 0 amide bonds. The zero-order valence-electron chi connectivity index (χ0n) is 14.0. The molecule has 0 radical (unpaired) electrons. The second kappa shape index (κ2) is 5.88. The number of benzene rings is 2. The van der Waals surface area contributed by atoms with Gasteiger partial charge in [-0.3, -0.25) is 4.98 Å². The Bertz CT molecular complexity index is 987. The lowest BCUT2D eigenvalue weighted by Crippen LogP contribution is -2.34. The van der Waals surface area contributed by atoms with Gasteiger partial charge in [-0.25, -0.2) is 5.01 Å². The minimum atomic E-state index is -0.389. The summed E-state index contributed by atoms with van der Waals surface area (Å²) in [6.45, 7) is 0. The molecule has 0 spiro atoms. The Hall–Kier alpha value is -3.34. The average molecular weight is 343 g/mol. The minimum absolute atomic E-state index is 0.0570. The third-order valence-corrected chi connectivity index (χ3v) is 4.85. The van der Waals surface area contributed by atoms with Crippen molar-refractivity contribution in [3.8, 4) is 11.5 Å². The Morgan fingerprint density at radius 2 is 1.77 bits per heavy atom. The van der Waals surface area contributed by atoms with Crippen LogP contribution in [0.3, 0.4) is 0 Å². The van der Waals surface area contributed by atoms with Gasteiger partial charge in [0, 0.05) is 23.7 Å². The molecule has 0 unspecified atom stereocenters. The number of phenols is 1.